The van der Waals surface area contributed by atoms with E-state index in [0.29, 0.717) is 19.8 Å². The van der Waals surface area contributed by atoms with E-state index >= 15 is 0 Å². The Morgan fingerprint density at radius 2 is 2.25 bits per heavy atom. The molecular weight excluding hydrogens is 158 g/mol. The van der Waals surface area contributed by atoms with Gasteiger partial charge in [-0.1, -0.05) is 12.0 Å². The number of hydrogen-bond acceptors (Lipinski definition) is 3. The minimum atomic E-state index is -0.0559. The number of rotatable bonds is 3. The fraction of sp³-hybridized carbons (Fsp3) is 1.00. The molecule has 5 nitrogen and oxygen atoms in total. The smallest absolute Gasteiger partial charge is 0.0869 e. The van der Waals surface area contributed by atoms with E-state index in [-0.39, 0.29) is 12.2 Å². The molecule has 2 unspecified atom stereocenters. The highest BCUT2D eigenvalue weighted by atomic mass is 16.6. The van der Waals surface area contributed by atoms with Crippen LogP contribution in [0, 0.1) is 0 Å². The monoisotopic (exact) mass is 171 g/mol. The molecule has 0 amide bonds. The van der Waals surface area contributed by atoms with Crippen molar-refractivity contribution in [2.24, 2.45) is 5.11 Å². The maximum Gasteiger partial charge on any atom is 0.0869 e. The molecule has 1 rings (SSSR count). The Morgan fingerprint density at radius 3 is 2.92 bits per heavy atom. The van der Waals surface area contributed by atoms with E-state index in [1.165, 1.54) is 0 Å². The average Bonchev–Trinajstić information content (AvgIpc) is 2.15. The molecule has 12 heavy (non-hydrogen) atoms. The van der Waals surface area contributed by atoms with Gasteiger partial charge in [0.2, 0.25) is 0 Å². The van der Waals surface area contributed by atoms with Crippen molar-refractivity contribution >= 4 is 0 Å². The van der Waals surface area contributed by atoms with Crippen molar-refractivity contribution in [3.05, 3.63) is 10.4 Å². The van der Waals surface area contributed by atoms with Crippen LogP contribution in [0.3, 0.4) is 0 Å². The number of hydrogen-bond donors (Lipinski definition) is 0. The molecule has 1 aliphatic heterocycles. The zero-order valence-corrected chi connectivity index (χ0v) is 7.14. The van der Waals surface area contributed by atoms with Crippen LogP contribution in [0.5, 0.6) is 0 Å². The maximum absolute atomic E-state index is 8.08. The molecule has 0 bridgehead atoms. The molecule has 1 heterocycles. The van der Waals surface area contributed by atoms with Gasteiger partial charge in [-0.2, -0.15) is 0 Å². The third-order valence-corrected chi connectivity index (χ3v) is 1.80. The summed E-state index contributed by atoms with van der Waals surface area (Å²) in [6.07, 6.45) is 1.05. The van der Waals surface area contributed by atoms with Crippen LogP contribution >= 0.6 is 0 Å². The van der Waals surface area contributed by atoms with E-state index in [1.807, 2.05) is 6.92 Å². The van der Waals surface area contributed by atoms with Crippen LogP contribution in [-0.2, 0) is 9.47 Å². The first kappa shape index (κ1) is 9.32. The van der Waals surface area contributed by atoms with Gasteiger partial charge in [0, 0.05) is 4.91 Å². The molecule has 1 aliphatic rings. The van der Waals surface area contributed by atoms with Gasteiger partial charge in [-0.3, -0.25) is 0 Å². The van der Waals surface area contributed by atoms with Crippen LogP contribution in [0.1, 0.15) is 13.3 Å². The summed E-state index contributed by atoms with van der Waals surface area (Å²) >= 11 is 0. The Hall–Kier alpha value is -0.770. The minimum absolute atomic E-state index is 0.0559. The highest BCUT2D eigenvalue weighted by Crippen LogP contribution is 2.10. The van der Waals surface area contributed by atoms with Gasteiger partial charge in [-0.25, -0.2) is 0 Å². The Morgan fingerprint density at radius 1 is 1.50 bits per heavy atom. The van der Waals surface area contributed by atoms with Crippen molar-refractivity contribution in [2.45, 2.75) is 25.6 Å². The van der Waals surface area contributed by atoms with Crippen LogP contribution in [0.15, 0.2) is 5.11 Å². The molecule has 5 heteroatoms. The van der Waals surface area contributed by atoms with Gasteiger partial charge in [-0.05, 0) is 12.0 Å². The molecule has 1 saturated heterocycles. The van der Waals surface area contributed by atoms with Crippen LogP contribution in [0.25, 0.3) is 10.4 Å². The molecule has 0 radical (unpaired) electrons. The van der Waals surface area contributed by atoms with Gasteiger partial charge in [0.1, 0.15) is 0 Å². The highest BCUT2D eigenvalue weighted by molar-refractivity contribution is 4.69. The van der Waals surface area contributed by atoms with Gasteiger partial charge in [0.15, 0.2) is 0 Å². The molecule has 0 aromatic heterocycles. The van der Waals surface area contributed by atoms with Crippen LogP contribution in [-0.4, -0.2) is 32.0 Å². The lowest BCUT2D eigenvalue weighted by atomic mass is 10.2. The van der Waals surface area contributed by atoms with E-state index in [9.17, 15) is 0 Å². The lowest BCUT2D eigenvalue weighted by Crippen LogP contribution is -2.37. The van der Waals surface area contributed by atoms with Crippen LogP contribution < -0.4 is 0 Å². The fourth-order valence-corrected chi connectivity index (χ4v) is 1.12. The van der Waals surface area contributed by atoms with Crippen molar-refractivity contribution in [1.29, 1.82) is 0 Å². The Balaban J connectivity index is 2.30. The minimum Gasteiger partial charge on any atom is -0.376 e. The number of nitrogens with zero attached hydrogens (tertiary/aromatic N) is 3. The normalized spacial score (nSPS) is 29.4. The summed E-state index contributed by atoms with van der Waals surface area (Å²) in [7, 11) is 0. The van der Waals surface area contributed by atoms with E-state index in [4.69, 9.17) is 15.0 Å². The first-order valence-corrected chi connectivity index (χ1v) is 4.11. The summed E-state index contributed by atoms with van der Waals surface area (Å²) in [4.78, 5) is 2.67. The molecule has 2 atom stereocenters. The first-order chi connectivity index (χ1) is 5.86. The van der Waals surface area contributed by atoms with Crippen molar-refractivity contribution in [3.63, 3.8) is 0 Å². The second-order valence-electron chi connectivity index (χ2n) is 2.74. The SMILES string of the molecule is CCC1COCC(CN=[N+]=[N-])O1. The Labute approximate surface area is 71.3 Å². The largest absolute Gasteiger partial charge is 0.376 e. The topological polar surface area (TPSA) is 67.2 Å². The van der Waals surface area contributed by atoms with Gasteiger partial charge in [-0.15, -0.1) is 0 Å². The summed E-state index contributed by atoms with van der Waals surface area (Å²) in [6, 6.07) is 0. The molecule has 0 aliphatic carbocycles. The predicted molar refractivity (Wildman–Crippen MR) is 43.8 cm³/mol. The Bertz CT molecular complexity index is 179. The number of azide groups is 1. The molecule has 0 spiro atoms. The van der Waals surface area contributed by atoms with Crippen molar-refractivity contribution in [1.82, 2.24) is 0 Å². The fourth-order valence-electron chi connectivity index (χ4n) is 1.12. The molecule has 0 aromatic carbocycles. The van der Waals surface area contributed by atoms with E-state index < -0.39 is 0 Å². The second kappa shape index (κ2) is 4.98. The van der Waals surface area contributed by atoms with Crippen LogP contribution in [0.2, 0.25) is 0 Å². The standard InChI is InChI=1S/C7H13N3O2/c1-2-6-4-11-5-7(12-6)3-9-10-8/h6-7H,2-5H2,1H3. The summed E-state index contributed by atoms with van der Waals surface area (Å²) in [5, 5.41) is 3.44. The summed E-state index contributed by atoms with van der Waals surface area (Å²) in [5.74, 6) is 0. The maximum atomic E-state index is 8.08. The summed E-state index contributed by atoms with van der Waals surface area (Å²) < 4.78 is 10.8. The summed E-state index contributed by atoms with van der Waals surface area (Å²) in [6.45, 7) is 3.61. The van der Waals surface area contributed by atoms with Crippen molar-refractivity contribution < 1.29 is 9.47 Å². The van der Waals surface area contributed by atoms with Crippen LogP contribution in [0.4, 0.5) is 0 Å². The van der Waals surface area contributed by atoms with Crippen molar-refractivity contribution in [3.8, 4) is 0 Å². The quantitative estimate of drug-likeness (QED) is 0.366. The zero-order valence-electron chi connectivity index (χ0n) is 7.14. The van der Waals surface area contributed by atoms with E-state index in [2.05, 4.69) is 10.0 Å². The lowest BCUT2D eigenvalue weighted by Gasteiger charge is -2.28. The zero-order chi connectivity index (χ0) is 8.81. The van der Waals surface area contributed by atoms with E-state index in [0.717, 1.165) is 6.42 Å². The third-order valence-electron chi connectivity index (χ3n) is 1.80. The predicted octanol–water partition coefficient (Wildman–Crippen LogP) is 1.49. The molecule has 0 N–H and O–H groups in total. The first-order valence-electron chi connectivity index (χ1n) is 4.11. The number of ether oxygens (including phenoxy) is 2. The Kier molecular flexibility index (Phi) is 3.87. The highest BCUT2D eigenvalue weighted by Gasteiger charge is 2.20. The summed E-state index contributed by atoms with van der Waals surface area (Å²) in [5.41, 5.74) is 8.08. The second-order valence-corrected chi connectivity index (χ2v) is 2.74. The van der Waals surface area contributed by atoms with Gasteiger partial charge >= 0.3 is 0 Å². The lowest BCUT2D eigenvalue weighted by molar-refractivity contribution is -0.133. The molecule has 0 aromatic rings. The molecule has 0 saturated carbocycles. The molecular formula is C7H13N3O2. The average molecular weight is 171 g/mol. The van der Waals surface area contributed by atoms with Gasteiger partial charge in [0.05, 0.1) is 32.0 Å². The molecule has 68 valence electrons. The molecule has 1 fully saturated rings. The van der Waals surface area contributed by atoms with Gasteiger partial charge < -0.3 is 9.47 Å². The van der Waals surface area contributed by atoms with Crippen molar-refractivity contribution in [2.75, 3.05) is 19.8 Å². The third kappa shape index (κ3) is 2.70. The van der Waals surface area contributed by atoms with Gasteiger partial charge in [0.25, 0.3) is 0 Å². The van der Waals surface area contributed by atoms with E-state index in [1.54, 1.807) is 0 Å².